The summed E-state index contributed by atoms with van der Waals surface area (Å²) in [5.74, 6) is 0.644. The van der Waals surface area contributed by atoms with Crippen LogP contribution in [0.4, 0.5) is 0 Å². The molecule has 0 atom stereocenters. The molecule has 3 heteroatoms. The molecule has 0 spiro atoms. The molecule has 0 aliphatic heterocycles. The van der Waals surface area contributed by atoms with Crippen LogP contribution < -0.4 is 0 Å². The van der Waals surface area contributed by atoms with Crippen molar-refractivity contribution in [1.82, 2.24) is 0 Å². The number of phenolic OH excluding ortho intramolecular Hbond substituents is 2. The van der Waals surface area contributed by atoms with Gasteiger partial charge in [0.2, 0.25) is 0 Å². The van der Waals surface area contributed by atoms with E-state index in [1.807, 2.05) is 12.1 Å². The van der Waals surface area contributed by atoms with Gasteiger partial charge in [-0.15, -0.1) is 0 Å². The van der Waals surface area contributed by atoms with Crippen LogP contribution in [0.15, 0.2) is 60.7 Å². The van der Waals surface area contributed by atoms with Gasteiger partial charge >= 0.3 is 0 Å². The Morgan fingerprint density at radius 1 is 0.533 bits per heavy atom. The van der Waals surface area contributed by atoms with Crippen molar-refractivity contribution < 1.29 is 10.2 Å². The van der Waals surface area contributed by atoms with E-state index >= 15 is 0 Å². The Hall–Kier alpha value is -1.17. The van der Waals surface area contributed by atoms with Crippen LogP contribution in [-0.2, 0) is 0 Å². The van der Waals surface area contributed by atoms with Crippen LogP contribution in [0.2, 0.25) is 0 Å². The largest absolute Gasteiger partial charge is 0.508 e. The first-order chi connectivity index (χ1) is 6.79. The molecule has 2 rings (SSSR count). The van der Waals surface area contributed by atoms with Gasteiger partial charge in [-0.25, -0.2) is 0 Å². The second-order valence-corrected chi connectivity index (χ2v) is 2.67. The Morgan fingerprint density at radius 3 is 0.933 bits per heavy atom. The number of para-hydroxylation sites is 2. The molecule has 78 valence electrons. The van der Waals surface area contributed by atoms with E-state index in [1.165, 1.54) is 0 Å². The summed E-state index contributed by atoms with van der Waals surface area (Å²) in [6, 6.07) is 17.4. The second-order valence-electron chi connectivity index (χ2n) is 2.67. The minimum atomic E-state index is 0. The standard InChI is InChI=1S/2C6H6O.Te/c2*7-6-4-2-1-3-5-6;/h2*1-5,7H;. The fourth-order valence-corrected chi connectivity index (χ4v) is 0.856. The third kappa shape index (κ3) is 6.84. The third-order valence-electron chi connectivity index (χ3n) is 1.51. The normalized spacial score (nSPS) is 8.00. The monoisotopic (exact) mass is 318 g/mol. The SMILES string of the molecule is Oc1ccccc1.Oc1ccccc1.[Te]. The van der Waals surface area contributed by atoms with Crippen molar-refractivity contribution in [3.8, 4) is 11.5 Å². The summed E-state index contributed by atoms with van der Waals surface area (Å²) in [6.45, 7) is 0. The van der Waals surface area contributed by atoms with Crippen molar-refractivity contribution in [2.75, 3.05) is 0 Å². The van der Waals surface area contributed by atoms with E-state index in [4.69, 9.17) is 10.2 Å². The van der Waals surface area contributed by atoms with Gasteiger partial charge < -0.3 is 10.2 Å². The minimum Gasteiger partial charge on any atom is -0.508 e. The number of phenols is 2. The summed E-state index contributed by atoms with van der Waals surface area (Å²) in [7, 11) is 0. The molecule has 2 nitrogen and oxygen atoms in total. The van der Waals surface area contributed by atoms with Gasteiger partial charge in [0.1, 0.15) is 11.5 Å². The molecule has 2 N–H and O–H groups in total. The van der Waals surface area contributed by atoms with Gasteiger partial charge in [0, 0.05) is 23.7 Å². The summed E-state index contributed by atoms with van der Waals surface area (Å²) < 4.78 is 0. The van der Waals surface area contributed by atoms with Crippen molar-refractivity contribution in [1.29, 1.82) is 0 Å². The molecular weight excluding hydrogens is 304 g/mol. The summed E-state index contributed by atoms with van der Waals surface area (Å²) in [4.78, 5) is 0. The predicted molar refractivity (Wildman–Crippen MR) is 62.0 cm³/mol. The van der Waals surface area contributed by atoms with E-state index in [0.717, 1.165) is 0 Å². The molecule has 2 aromatic rings. The number of benzene rings is 2. The molecule has 0 aliphatic carbocycles. The maximum Gasteiger partial charge on any atom is 0.115 e. The first-order valence-corrected chi connectivity index (χ1v) is 4.27. The maximum absolute atomic E-state index is 8.63. The van der Waals surface area contributed by atoms with Crippen molar-refractivity contribution >= 4 is 23.7 Å². The summed E-state index contributed by atoms with van der Waals surface area (Å²) in [5.41, 5.74) is 0. The Morgan fingerprint density at radius 2 is 0.800 bits per heavy atom. The van der Waals surface area contributed by atoms with E-state index < -0.39 is 0 Å². The minimum absolute atomic E-state index is 0. The first kappa shape index (κ1) is 13.8. The van der Waals surface area contributed by atoms with E-state index in [1.54, 1.807) is 48.5 Å². The van der Waals surface area contributed by atoms with Gasteiger partial charge in [-0.2, -0.15) is 0 Å². The average molecular weight is 316 g/mol. The van der Waals surface area contributed by atoms with Crippen LogP contribution >= 0.6 is 0 Å². The summed E-state index contributed by atoms with van der Waals surface area (Å²) >= 11 is 0. The van der Waals surface area contributed by atoms with Crippen LogP contribution in [0.5, 0.6) is 11.5 Å². The number of aromatic hydroxyl groups is 2. The third-order valence-corrected chi connectivity index (χ3v) is 1.51. The molecule has 0 unspecified atom stereocenters. The fourth-order valence-electron chi connectivity index (χ4n) is 0.856. The Balaban J connectivity index is 0.000000245. The van der Waals surface area contributed by atoms with E-state index in [2.05, 4.69) is 0 Å². The molecule has 0 bridgehead atoms. The van der Waals surface area contributed by atoms with Crippen molar-refractivity contribution in [3.63, 3.8) is 0 Å². The van der Waals surface area contributed by atoms with Crippen LogP contribution in [0, 0.1) is 0 Å². The van der Waals surface area contributed by atoms with Gasteiger partial charge in [0.05, 0.1) is 0 Å². The number of hydrogen-bond acceptors (Lipinski definition) is 2. The van der Waals surface area contributed by atoms with Gasteiger partial charge in [-0.3, -0.25) is 0 Å². The first-order valence-electron chi connectivity index (χ1n) is 4.27. The van der Waals surface area contributed by atoms with E-state index in [-0.39, 0.29) is 23.7 Å². The number of hydrogen-bond donors (Lipinski definition) is 2. The fraction of sp³-hybridized carbons (Fsp3) is 0. The molecule has 2 radical (unpaired) electrons. The van der Waals surface area contributed by atoms with Crippen molar-refractivity contribution in [3.05, 3.63) is 60.7 Å². The van der Waals surface area contributed by atoms with Crippen LogP contribution in [-0.4, -0.2) is 33.9 Å². The predicted octanol–water partition coefficient (Wildman–Crippen LogP) is 2.40. The summed E-state index contributed by atoms with van der Waals surface area (Å²) in [5, 5.41) is 17.3. The smallest absolute Gasteiger partial charge is 0.115 e. The van der Waals surface area contributed by atoms with Gasteiger partial charge in [0.25, 0.3) is 0 Å². The van der Waals surface area contributed by atoms with Gasteiger partial charge in [-0.05, 0) is 24.3 Å². The molecule has 0 fully saturated rings. The maximum atomic E-state index is 8.63. The van der Waals surface area contributed by atoms with Gasteiger partial charge in [-0.1, -0.05) is 36.4 Å². The molecule has 0 aromatic heterocycles. The number of rotatable bonds is 0. The zero-order valence-electron chi connectivity index (χ0n) is 8.08. The topological polar surface area (TPSA) is 40.5 Å². The molecule has 2 aromatic carbocycles. The molecule has 0 amide bonds. The molecule has 15 heavy (non-hydrogen) atoms. The quantitative estimate of drug-likeness (QED) is 0.733. The average Bonchev–Trinajstić information content (AvgIpc) is 2.21. The molecule has 0 aliphatic rings. The van der Waals surface area contributed by atoms with Crippen LogP contribution in [0.1, 0.15) is 0 Å². The Bertz CT molecular complexity index is 311. The van der Waals surface area contributed by atoms with E-state index in [0.29, 0.717) is 11.5 Å². The van der Waals surface area contributed by atoms with Crippen LogP contribution in [0.3, 0.4) is 0 Å². The van der Waals surface area contributed by atoms with Crippen molar-refractivity contribution in [2.24, 2.45) is 0 Å². The second kappa shape index (κ2) is 8.16. The molecule has 0 saturated carbocycles. The Kier molecular flexibility index (Phi) is 7.53. The molecule has 0 heterocycles. The Labute approximate surface area is 106 Å². The summed E-state index contributed by atoms with van der Waals surface area (Å²) in [6.07, 6.45) is 0. The molecular formula is C12H12O2Te. The van der Waals surface area contributed by atoms with Crippen LogP contribution in [0.25, 0.3) is 0 Å². The van der Waals surface area contributed by atoms with E-state index in [9.17, 15) is 0 Å². The van der Waals surface area contributed by atoms with Crippen molar-refractivity contribution in [2.45, 2.75) is 0 Å². The zero-order valence-corrected chi connectivity index (χ0v) is 10.4. The zero-order chi connectivity index (χ0) is 10.2. The molecule has 0 saturated heterocycles. The van der Waals surface area contributed by atoms with Gasteiger partial charge in [0.15, 0.2) is 0 Å².